The molecule has 0 aliphatic heterocycles. The first-order valence-corrected chi connectivity index (χ1v) is 9.93. The van der Waals surface area contributed by atoms with Crippen LogP contribution in [0.1, 0.15) is 27.4 Å². The second-order valence-electron chi connectivity index (χ2n) is 6.99. The van der Waals surface area contributed by atoms with Crippen LogP contribution in [0.5, 0.6) is 5.75 Å². The predicted molar refractivity (Wildman–Crippen MR) is 115 cm³/mol. The maximum absolute atomic E-state index is 12.2. The lowest BCUT2D eigenvalue weighted by Gasteiger charge is -2.21. The summed E-state index contributed by atoms with van der Waals surface area (Å²) in [6.45, 7) is 3.01. The molecule has 0 radical (unpaired) electrons. The summed E-state index contributed by atoms with van der Waals surface area (Å²) in [6.07, 6.45) is 0. The van der Waals surface area contributed by atoms with Gasteiger partial charge in [-0.25, -0.2) is 0 Å². The van der Waals surface area contributed by atoms with E-state index in [4.69, 9.17) is 13.9 Å². The molecular weight excluding hydrogens is 380 g/mol. The maximum Gasteiger partial charge on any atom is 0.287 e. The minimum Gasteiger partial charge on any atom is -0.497 e. The molecule has 2 aromatic carbocycles. The summed E-state index contributed by atoms with van der Waals surface area (Å²) in [7, 11) is 3.26. The number of benzene rings is 2. The summed E-state index contributed by atoms with van der Waals surface area (Å²) in [5.74, 6) is 1.66. The molecule has 158 valence electrons. The highest BCUT2D eigenvalue weighted by Gasteiger charge is 2.14. The third-order valence-electron chi connectivity index (χ3n) is 4.67. The van der Waals surface area contributed by atoms with E-state index in [0.29, 0.717) is 25.5 Å². The molecule has 3 rings (SSSR count). The number of rotatable bonds is 11. The molecule has 0 aliphatic rings. The van der Waals surface area contributed by atoms with Crippen LogP contribution in [-0.2, 0) is 24.4 Å². The van der Waals surface area contributed by atoms with Gasteiger partial charge in [0.25, 0.3) is 5.91 Å². The number of methoxy groups -OCH3 is 2. The van der Waals surface area contributed by atoms with Gasteiger partial charge in [0.2, 0.25) is 0 Å². The minimum atomic E-state index is -0.233. The molecule has 1 heterocycles. The summed E-state index contributed by atoms with van der Waals surface area (Å²) < 4.78 is 16.0. The van der Waals surface area contributed by atoms with Crippen LogP contribution in [0.3, 0.4) is 0 Å². The van der Waals surface area contributed by atoms with Crippen LogP contribution < -0.4 is 10.1 Å². The monoisotopic (exact) mass is 408 g/mol. The zero-order chi connectivity index (χ0) is 21.2. The molecule has 0 saturated carbocycles. The Morgan fingerprint density at radius 2 is 1.60 bits per heavy atom. The topological polar surface area (TPSA) is 63.9 Å². The molecule has 0 unspecified atom stereocenters. The minimum absolute atomic E-state index is 0.233. The number of ether oxygens (including phenoxy) is 2. The Kier molecular flexibility index (Phi) is 8.06. The first kappa shape index (κ1) is 21.6. The summed E-state index contributed by atoms with van der Waals surface area (Å²) in [4.78, 5) is 14.5. The number of nitrogens with zero attached hydrogens (tertiary/aromatic N) is 1. The number of carbonyl (C=O) groups is 1. The summed E-state index contributed by atoms with van der Waals surface area (Å²) in [6, 6.07) is 21.9. The summed E-state index contributed by atoms with van der Waals surface area (Å²) >= 11 is 0. The van der Waals surface area contributed by atoms with E-state index in [1.807, 2.05) is 36.4 Å². The van der Waals surface area contributed by atoms with Gasteiger partial charge in [-0.1, -0.05) is 42.5 Å². The fourth-order valence-corrected chi connectivity index (χ4v) is 3.16. The Labute approximate surface area is 177 Å². The highest BCUT2D eigenvalue weighted by molar-refractivity contribution is 5.91. The lowest BCUT2D eigenvalue weighted by molar-refractivity contribution is 0.0905. The van der Waals surface area contributed by atoms with Gasteiger partial charge < -0.3 is 19.2 Å². The molecule has 0 atom stereocenters. The van der Waals surface area contributed by atoms with Crippen molar-refractivity contribution in [1.82, 2.24) is 10.2 Å². The second-order valence-corrected chi connectivity index (χ2v) is 6.99. The average molecular weight is 408 g/mol. The molecule has 0 spiro atoms. The molecule has 30 heavy (non-hydrogen) atoms. The molecule has 6 nitrogen and oxygen atoms in total. The van der Waals surface area contributed by atoms with Crippen molar-refractivity contribution in [1.29, 1.82) is 0 Å². The molecular formula is C24H28N2O4. The van der Waals surface area contributed by atoms with E-state index in [9.17, 15) is 4.79 Å². The molecule has 1 N–H and O–H groups in total. The number of amides is 1. The van der Waals surface area contributed by atoms with E-state index < -0.39 is 0 Å². The third kappa shape index (κ3) is 6.47. The van der Waals surface area contributed by atoms with Crippen molar-refractivity contribution in [2.45, 2.75) is 19.6 Å². The van der Waals surface area contributed by atoms with E-state index in [2.05, 4.69) is 34.5 Å². The summed E-state index contributed by atoms with van der Waals surface area (Å²) in [5, 5.41) is 2.77. The van der Waals surface area contributed by atoms with Crippen LogP contribution in [0.25, 0.3) is 0 Å². The largest absolute Gasteiger partial charge is 0.497 e. The van der Waals surface area contributed by atoms with Gasteiger partial charge in [0.1, 0.15) is 11.5 Å². The fraction of sp³-hybridized carbons (Fsp3) is 0.292. The Morgan fingerprint density at radius 1 is 0.900 bits per heavy atom. The van der Waals surface area contributed by atoms with Crippen LogP contribution in [0, 0.1) is 0 Å². The lowest BCUT2D eigenvalue weighted by atomic mass is 10.1. The van der Waals surface area contributed by atoms with Gasteiger partial charge in [0, 0.05) is 26.7 Å². The fourth-order valence-electron chi connectivity index (χ4n) is 3.16. The Morgan fingerprint density at radius 3 is 2.27 bits per heavy atom. The highest BCUT2D eigenvalue weighted by atomic mass is 16.5. The van der Waals surface area contributed by atoms with Crippen molar-refractivity contribution in [2.75, 3.05) is 27.4 Å². The van der Waals surface area contributed by atoms with E-state index in [1.165, 1.54) is 11.1 Å². The van der Waals surface area contributed by atoms with E-state index >= 15 is 0 Å². The second kappa shape index (κ2) is 11.2. The van der Waals surface area contributed by atoms with Crippen molar-refractivity contribution in [2.24, 2.45) is 0 Å². The number of hydrogen-bond donors (Lipinski definition) is 1. The van der Waals surface area contributed by atoms with Crippen molar-refractivity contribution >= 4 is 5.91 Å². The van der Waals surface area contributed by atoms with Crippen molar-refractivity contribution in [3.8, 4) is 5.75 Å². The Balaban J connectivity index is 1.69. The van der Waals surface area contributed by atoms with Gasteiger partial charge in [-0.05, 0) is 35.4 Å². The van der Waals surface area contributed by atoms with Gasteiger partial charge in [-0.15, -0.1) is 0 Å². The molecule has 1 aromatic heterocycles. The number of furan rings is 1. The molecule has 3 aromatic rings. The van der Waals surface area contributed by atoms with Crippen molar-refractivity contribution in [3.05, 3.63) is 89.4 Å². The van der Waals surface area contributed by atoms with E-state index in [-0.39, 0.29) is 5.91 Å². The molecule has 0 fully saturated rings. The van der Waals surface area contributed by atoms with Gasteiger partial charge in [-0.3, -0.25) is 9.69 Å². The van der Waals surface area contributed by atoms with Crippen LogP contribution >= 0.6 is 0 Å². The zero-order valence-corrected chi connectivity index (χ0v) is 17.5. The third-order valence-corrected chi connectivity index (χ3v) is 4.67. The molecule has 6 heteroatoms. The zero-order valence-electron chi connectivity index (χ0n) is 17.5. The lowest BCUT2D eigenvalue weighted by Crippen LogP contribution is -2.26. The van der Waals surface area contributed by atoms with Gasteiger partial charge in [0.15, 0.2) is 5.76 Å². The van der Waals surface area contributed by atoms with Gasteiger partial charge in [-0.2, -0.15) is 0 Å². The smallest absolute Gasteiger partial charge is 0.287 e. The maximum atomic E-state index is 12.2. The van der Waals surface area contributed by atoms with Crippen molar-refractivity contribution in [3.63, 3.8) is 0 Å². The molecule has 0 aliphatic carbocycles. The van der Waals surface area contributed by atoms with Crippen LogP contribution in [0.4, 0.5) is 0 Å². The Hall–Kier alpha value is -3.09. The quantitative estimate of drug-likeness (QED) is 0.488. The van der Waals surface area contributed by atoms with Crippen LogP contribution in [0.15, 0.2) is 71.1 Å². The first-order valence-electron chi connectivity index (χ1n) is 9.93. The van der Waals surface area contributed by atoms with Crippen LogP contribution in [-0.4, -0.2) is 38.2 Å². The van der Waals surface area contributed by atoms with E-state index in [1.54, 1.807) is 20.3 Å². The molecule has 1 amide bonds. The van der Waals surface area contributed by atoms with Crippen LogP contribution in [0.2, 0.25) is 0 Å². The Bertz CT molecular complexity index is 906. The standard InChI is InChI=1S/C24H28N2O4/c1-28-15-14-25-24(27)23-13-12-22(30-23)18-26(16-19-6-4-3-5-7-19)17-20-8-10-21(29-2)11-9-20/h3-13H,14-18H2,1-2H3,(H,25,27). The summed E-state index contributed by atoms with van der Waals surface area (Å²) in [5.41, 5.74) is 2.39. The van der Waals surface area contributed by atoms with Crippen molar-refractivity contribution < 1.29 is 18.7 Å². The number of carbonyl (C=O) groups excluding carboxylic acids is 1. The molecule has 0 bridgehead atoms. The normalized spacial score (nSPS) is 10.9. The first-order chi connectivity index (χ1) is 14.7. The van der Waals surface area contributed by atoms with Gasteiger partial charge >= 0.3 is 0 Å². The molecule has 0 saturated heterocycles. The highest BCUT2D eigenvalue weighted by Crippen LogP contribution is 2.18. The average Bonchev–Trinajstić information content (AvgIpc) is 3.24. The van der Waals surface area contributed by atoms with Gasteiger partial charge in [0.05, 0.1) is 20.3 Å². The SMILES string of the molecule is COCCNC(=O)c1ccc(CN(Cc2ccccc2)Cc2ccc(OC)cc2)o1. The number of hydrogen-bond acceptors (Lipinski definition) is 5. The predicted octanol–water partition coefficient (Wildman–Crippen LogP) is 3.87. The van der Waals surface area contributed by atoms with E-state index in [0.717, 1.165) is 24.6 Å². The number of nitrogens with one attached hydrogen (secondary N) is 1.